The Morgan fingerprint density at radius 3 is 2.41 bits per heavy atom. The molecule has 0 heterocycles. The van der Waals surface area contributed by atoms with Gasteiger partial charge in [-0.2, -0.15) is 0 Å². The van der Waals surface area contributed by atoms with Crippen molar-refractivity contribution in [1.29, 1.82) is 0 Å². The van der Waals surface area contributed by atoms with Gasteiger partial charge in [0.05, 0.1) is 6.54 Å². The molecule has 1 aromatic carbocycles. The Balaban J connectivity index is 1.65. The lowest BCUT2D eigenvalue weighted by atomic mass is 9.86. The van der Waals surface area contributed by atoms with Gasteiger partial charge < -0.3 is 15.4 Å². The van der Waals surface area contributed by atoms with E-state index in [2.05, 4.69) is 10.6 Å². The molecule has 1 fully saturated rings. The van der Waals surface area contributed by atoms with E-state index in [1.807, 2.05) is 32.0 Å². The van der Waals surface area contributed by atoms with Gasteiger partial charge in [-0.05, 0) is 50.7 Å². The van der Waals surface area contributed by atoms with Gasteiger partial charge in [-0.25, -0.2) is 0 Å². The summed E-state index contributed by atoms with van der Waals surface area (Å²) in [6.07, 6.45) is 7.71. The Hall–Kier alpha value is -2.37. The number of para-hydroxylation sites is 1. The molecule has 2 amide bonds. The third-order valence-corrected chi connectivity index (χ3v) is 5.56. The molecule has 0 aliphatic heterocycles. The van der Waals surface area contributed by atoms with E-state index in [1.54, 1.807) is 0 Å². The molecule has 1 aliphatic rings. The maximum absolute atomic E-state index is 12.1. The second-order valence-corrected chi connectivity index (χ2v) is 8.06. The van der Waals surface area contributed by atoms with Crippen LogP contribution in [0.5, 0.6) is 0 Å². The molecule has 0 radical (unpaired) electrons. The van der Waals surface area contributed by atoms with Gasteiger partial charge in [-0.15, -0.1) is 0 Å². The molecular weight excluding hydrogens is 368 g/mol. The SMILES string of the molecule is Cc1cccc(C)c1NC(=O)CNC(=O)C(C)OC(=O)CCCC1CCCCC1. The number of benzene rings is 1. The first-order chi connectivity index (χ1) is 13.9. The number of ether oxygens (including phenoxy) is 1. The monoisotopic (exact) mass is 402 g/mol. The first-order valence-electron chi connectivity index (χ1n) is 10.7. The minimum Gasteiger partial charge on any atom is -0.453 e. The Morgan fingerprint density at radius 1 is 1.10 bits per heavy atom. The molecule has 0 bridgehead atoms. The summed E-state index contributed by atoms with van der Waals surface area (Å²) in [6.45, 7) is 5.18. The Bertz CT molecular complexity index is 691. The average Bonchev–Trinajstić information content (AvgIpc) is 2.69. The standard InChI is InChI=1S/C23H34N2O4/c1-16-9-7-10-17(2)22(16)25-20(26)15-24-23(28)18(3)29-21(27)14-8-13-19-11-5-4-6-12-19/h7,9-10,18-19H,4-6,8,11-15H2,1-3H3,(H,24,28)(H,25,26). The van der Waals surface area contributed by atoms with E-state index in [4.69, 9.17) is 4.74 Å². The molecule has 1 saturated carbocycles. The number of esters is 1. The molecule has 1 unspecified atom stereocenters. The lowest BCUT2D eigenvalue weighted by Crippen LogP contribution is -2.40. The van der Waals surface area contributed by atoms with Crippen molar-refractivity contribution in [3.05, 3.63) is 29.3 Å². The van der Waals surface area contributed by atoms with Crippen molar-refractivity contribution in [3.63, 3.8) is 0 Å². The van der Waals surface area contributed by atoms with Crippen LogP contribution in [0.1, 0.15) is 69.4 Å². The van der Waals surface area contributed by atoms with E-state index in [9.17, 15) is 14.4 Å². The van der Waals surface area contributed by atoms with E-state index in [-0.39, 0.29) is 18.4 Å². The molecular formula is C23H34N2O4. The predicted octanol–water partition coefficient (Wildman–Crippen LogP) is 4.04. The summed E-state index contributed by atoms with van der Waals surface area (Å²) in [5.41, 5.74) is 2.67. The van der Waals surface area contributed by atoms with Gasteiger partial charge in [-0.3, -0.25) is 14.4 Å². The van der Waals surface area contributed by atoms with E-state index < -0.39 is 12.0 Å². The van der Waals surface area contributed by atoms with Crippen LogP contribution in [-0.4, -0.2) is 30.4 Å². The van der Waals surface area contributed by atoms with Crippen molar-refractivity contribution in [3.8, 4) is 0 Å². The topological polar surface area (TPSA) is 84.5 Å². The Kier molecular flexibility index (Phi) is 9.16. The van der Waals surface area contributed by atoms with Gasteiger partial charge in [0.15, 0.2) is 6.10 Å². The molecule has 0 spiro atoms. The fourth-order valence-electron chi connectivity index (χ4n) is 3.83. The number of carbonyl (C=O) groups excluding carboxylic acids is 3. The van der Waals surface area contributed by atoms with Crippen LogP contribution in [0.25, 0.3) is 0 Å². The van der Waals surface area contributed by atoms with E-state index in [0.717, 1.165) is 35.6 Å². The third kappa shape index (κ3) is 7.87. The molecule has 6 nitrogen and oxygen atoms in total. The summed E-state index contributed by atoms with van der Waals surface area (Å²) in [5.74, 6) is -0.417. The molecule has 2 N–H and O–H groups in total. The normalized spacial score (nSPS) is 15.4. The van der Waals surface area contributed by atoms with Crippen molar-refractivity contribution in [2.45, 2.75) is 78.2 Å². The van der Waals surface area contributed by atoms with E-state index in [0.29, 0.717) is 6.42 Å². The van der Waals surface area contributed by atoms with Gasteiger partial charge in [0.25, 0.3) is 5.91 Å². The van der Waals surface area contributed by atoms with Gasteiger partial charge in [0.2, 0.25) is 5.91 Å². The smallest absolute Gasteiger partial charge is 0.306 e. The highest BCUT2D eigenvalue weighted by atomic mass is 16.5. The van der Waals surface area contributed by atoms with Crippen LogP contribution in [0, 0.1) is 19.8 Å². The molecule has 160 valence electrons. The third-order valence-electron chi connectivity index (χ3n) is 5.56. The largest absolute Gasteiger partial charge is 0.453 e. The summed E-state index contributed by atoms with van der Waals surface area (Å²) >= 11 is 0. The second kappa shape index (κ2) is 11.6. The maximum atomic E-state index is 12.1. The zero-order valence-electron chi connectivity index (χ0n) is 17.9. The first-order valence-corrected chi connectivity index (χ1v) is 10.7. The summed E-state index contributed by atoms with van der Waals surface area (Å²) < 4.78 is 5.21. The molecule has 0 aromatic heterocycles. The second-order valence-electron chi connectivity index (χ2n) is 8.06. The Labute approximate surface area is 173 Å². The van der Waals surface area contributed by atoms with Crippen LogP contribution in [-0.2, 0) is 19.1 Å². The lowest BCUT2D eigenvalue weighted by Gasteiger charge is -2.21. The molecule has 1 atom stereocenters. The van der Waals surface area contributed by atoms with Crippen LogP contribution in [0.4, 0.5) is 5.69 Å². The summed E-state index contributed by atoms with van der Waals surface area (Å²) in [4.78, 5) is 36.2. The van der Waals surface area contributed by atoms with Gasteiger partial charge in [0, 0.05) is 12.1 Å². The van der Waals surface area contributed by atoms with Gasteiger partial charge in [0.1, 0.15) is 0 Å². The fraction of sp³-hybridized carbons (Fsp3) is 0.609. The highest BCUT2D eigenvalue weighted by Gasteiger charge is 2.19. The maximum Gasteiger partial charge on any atom is 0.306 e. The number of aryl methyl sites for hydroxylation is 2. The number of nitrogens with one attached hydrogen (secondary N) is 2. The lowest BCUT2D eigenvalue weighted by molar-refractivity contribution is -0.155. The highest BCUT2D eigenvalue weighted by Crippen LogP contribution is 2.27. The molecule has 1 aromatic rings. The number of hydrogen-bond acceptors (Lipinski definition) is 4. The minimum atomic E-state index is -0.912. The number of hydrogen-bond donors (Lipinski definition) is 2. The van der Waals surface area contributed by atoms with Crippen LogP contribution in [0.2, 0.25) is 0 Å². The van der Waals surface area contributed by atoms with Crippen LogP contribution >= 0.6 is 0 Å². The van der Waals surface area contributed by atoms with Crippen LogP contribution in [0.15, 0.2) is 18.2 Å². The molecule has 1 aliphatic carbocycles. The summed E-state index contributed by atoms with van der Waals surface area (Å²) in [6, 6.07) is 5.75. The van der Waals surface area contributed by atoms with Crippen molar-refractivity contribution >= 4 is 23.5 Å². The van der Waals surface area contributed by atoms with Crippen molar-refractivity contribution < 1.29 is 19.1 Å². The zero-order valence-corrected chi connectivity index (χ0v) is 17.9. The molecule has 2 rings (SSSR count). The minimum absolute atomic E-state index is 0.170. The zero-order chi connectivity index (χ0) is 21.2. The van der Waals surface area contributed by atoms with Gasteiger partial charge >= 0.3 is 5.97 Å². The van der Waals surface area contributed by atoms with Gasteiger partial charge in [-0.1, -0.05) is 50.3 Å². The summed E-state index contributed by atoms with van der Waals surface area (Å²) in [7, 11) is 0. The fourth-order valence-corrected chi connectivity index (χ4v) is 3.83. The molecule has 29 heavy (non-hydrogen) atoms. The number of rotatable bonds is 9. The summed E-state index contributed by atoms with van der Waals surface area (Å²) in [5, 5.41) is 5.34. The Morgan fingerprint density at radius 2 is 1.76 bits per heavy atom. The number of anilines is 1. The molecule has 6 heteroatoms. The van der Waals surface area contributed by atoms with Crippen molar-refractivity contribution in [2.75, 3.05) is 11.9 Å². The van der Waals surface area contributed by atoms with E-state index in [1.165, 1.54) is 39.0 Å². The number of carbonyl (C=O) groups is 3. The average molecular weight is 403 g/mol. The predicted molar refractivity (Wildman–Crippen MR) is 114 cm³/mol. The van der Waals surface area contributed by atoms with Crippen molar-refractivity contribution in [2.24, 2.45) is 5.92 Å². The first kappa shape index (κ1) is 22.9. The quantitative estimate of drug-likeness (QED) is 0.611. The van der Waals surface area contributed by atoms with Crippen molar-refractivity contribution in [1.82, 2.24) is 5.32 Å². The van der Waals surface area contributed by atoms with E-state index >= 15 is 0 Å². The van der Waals surface area contributed by atoms with Crippen LogP contribution < -0.4 is 10.6 Å². The number of amides is 2. The molecule has 0 saturated heterocycles. The highest BCUT2D eigenvalue weighted by molar-refractivity contribution is 5.96. The van der Waals surface area contributed by atoms with Crippen LogP contribution in [0.3, 0.4) is 0 Å².